The highest BCUT2D eigenvalue weighted by Crippen LogP contribution is 2.48. The van der Waals surface area contributed by atoms with Gasteiger partial charge in [-0.2, -0.15) is 0 Å². The molecule has 6 rings (SSSR count). The molecule has 0 fully saturated rings. The van der Waals surface area contributed by atoms with Gasteiger partial charge in [-0.05, 0) is 71.7 Å². The van der Waals surface area contributed by atoms with E-state index in [2.05, 4.69) is 31.9 Å². The molecule has 15 nitrogen and oxygen atoms in total. The molecule has 6 aromatic rings. The Labute approximate surface area is 493 Å². The number of methoxy groups -OCH3 is 1. The first-order valence-electron chi connectivity index (χ1n) is 28.6. The van der Waals surface area contributed by atoms with Crippen LogP contribution in [0, 0.1) is 19.8 Å². The number of carbonyl (C=O) groups is 7. The summed E-state index contributed by atoms with van der Waals surface area (Å²) in [6, 6.07) is 44.8. The number of benzene rings is 6. The van der Waals surface area contributed by atoms with Crippen molar-refractivity contribution in [1.82, 2.24) is 31.9 Å². The van der Waals surface area contributed by atoms with Gasteiger partial charge in [-0.3, -0.25) is 28.8 Å². The molecule has 0 heterocycles. The lowest BCUT2D eigenvalue weighted by molar-refractivity contribution is -0.145. The second-order valence-corrected chi connectivity index (χ2v) is 22.5. The summed E-state index contributed by atoms with van der Waals surface area (Å²) in [5.41, 5.74) is 13.7. The highest BCUT2D eigenvalue weighted by molar-refractivity contribution is 8.00. The molecule has 6 aromatic carbocycles. The van der Waals surface area contributed by atoms with E-state index in [1.54, 1.807) is 24.3 Å². The van der Waals surface area contributed by atoms with Gasteiger partial charge in [0.2, 0.25) is 35.4 Å². The maximum absolute atomic E-state index is 14.9. The van der Waals surface area contributed by atoms with Gasteiger partial charge in [0, 0.05) is 37.6 Å². The third kappa shape index (κ3) is 18.6. The van der Waals surface area contributed by atoms with Crippen molar-refractivity contribution in [2.45, 2.75) is 134 Å². The van der Waals surface area contributed by atoms with Crippen LogP contribution in [0.2, 0.25) is 0 Å². The molecule has 6 amide bonds. The summed E-state index contributed by atoms with van der Waals surface area (Å²) in [7, 11) is 1.25. The summed E-state index contributed by atoms with van der Waals surface area (Å²) in [6.07, 6.45) is 2.90. The standard InChI is InChI=1S/C67H81N7O8S/c1-8-10-14-27-55(61(76)71-56(40-48-32-28-44(3)29-33-48)63(78)73-58(66(81)82-7)42-49-34-30-45(4)31-35-49)70-62(77)57(41-50-36-38-54(68)39-37-50)72-65(80)60(46(5)9-2)74-64(79)59(69-47(6)75)43-83-67(51-21-15-11-16-22-51,52-23-17-12-18-24-52)53-25-19-13-20-26-53/h11-13,15-26,28-39,46,55-60H,8-10,14,27,40-43,68H2,1-7H3,(H,69,75)(H,70,77)(H,71,76)(H,72,80)(H,73,78)(H,74,79). The second kappa shape index (κ2) is 31.8. The van der Waals surface area contributed by atoms with Crippen LogP contribution >= 0.6 is 11.8 Å². The summed E-state index contributed by atoms with van der Waals surface area (Å²) >= 11 is 1.49. The fourth-order valence-corrected chi connectivity index (χ4v) is 11.4. The maximum Gasteiger partial charge on any atom is 0.328 e. The minimum absolute atomic E-state index is 0.0254. The average molecular weight is 1140 g/mol. The van der Waals surface area contributed by atoms with Crippen molar-refractivity contribution in [2.75, 3.05) is 18.6 Å². The number of nitrogens with one attached hydrogen (secondary N) is 6. The van der Waals surface area contributed by atoms with E-state index in [-0.39, 0.29) is 31.4 Å². The highest BCUT2D eigenvalue weighted by Gasteiger charge is 2.40. The Morgan fingerprint density at radius 2 is 0.892 bits per heavy atom. The summed E-state index contributed by atoms with van der Waals surface area (Å²) in [5, 5.41) is 17.5. The van der Waals surface area contributed by atoms with E-state index in [1.807, 2.05) is 174 Å². The summed E-state index contributed by atoms with van der Waals surface area (Å²) in [5.74, 6) is -4.68. The first kappa shape index (κ1) is 63.9. The fourth-order valence-electron chi connectivity index (χ4n) is 9.87. The molecule has 0 aliphatic carbocycles. The molecule has 0 saturated heterocycles. The van der Waals surface area contributed by atoms with E-state index in [0.29, 0.717) is 24.1 Å². The Kier molecular flexibility index (Phi) is 24.5. The van der Waals surface area contributed by atoms with Crippen LogP contribution in [0.25, 0.3) is 0 Å². The topological polar surface area (TPSA) is 227 Å². The lowest BCUT2D eigenvalue weighted by Gasteiger charge is -2.36. The molecule has 7 atom stereocenters. The Morgan fingerprint density at radius 1 is 0.494 bits per heavy atom. The number of rotatable bonds is 30. The van der Waals surface area contributed by atoms with E-state index in [9.17, 15) is 33.6 Å². The smallest absolute Gasteiger partial charge is 0.328 e. The van der Waals surface area contributed by atoms with Crippen LogP contribution in [-0.4, -0.2) is 90.5 Å². The highest BCUT2D eigenvalue weighted by atomic mass is 32.2. The molecule has 0 aliphatic rings. The average Bonchev–Trinajstić information content (AvgIpc) is 2.72. The quantitative estimate of drug-likeness (QED) is 0.00987. The number of aryl methyl sites for hydroxylation is 2. The number of carbonyl (C=O) groups excluding carboxylic acids is 7. The molecule has 0 spiro atoms. The van der Waals surface area contributed by atoms with E-state index in [0.717, 1.165) is 51.8 Å². The molecular weight excluding hydrogens is 1060 g/mol. The van der Waals surface area contributed by atoms with Crippen molar-refractivity contribution in [3.8, 4) is 0 Å². The number of ether oxygens (including phenoxy) is 1. The van der Waals surface area contributed by atoms with E-state index in [4.69, 9.17) is 10.5 Å². The number of amides is 6. The number of esters is 1. The predicted molar refractivity (Wildman–Crippen MR) is 329 cm³/mol. The largest absolute Gasteiger partial charge is 0.467 e. The molecule has 8 N–H and O–H groups in total. The Bertz CT molecular complexity index is 2960. The van der Waals surface area contributed by atoms with E-state index in [1.165, 1.54) is 25.8 Å². The van der Waals surface area contributed by atoms with E-state index < -0.39 is 88.3 Å². The lowest BCUT2D eigenvalue weighted by atomic mass is 9.84. The van der Waals surface area contributed by atoms with Gasteiger partial charge in [-0.25, -0.2) is 4.79 Å². The predicted octanol–water partition coefficient (Wildman–Crippen LogP) is 8.37. The maximum atomic E-state index is 14.9. The van der Waals surface area contributed by atoms with Crippen molar-refractivity contribution in [3.05, 3.63) is 208 Å². The zero-order valence-electron chi connectivity index (χ0n) is 48.7. The zero-order chi connectivity index (χ0) is 59.9. The second-order valence-electron chi connectivity index (χ2n) is 21.3. The van der Waals surface area contributed by atoms with Gasteiger partial charge in [-0.15, -0.1) is 11.8 Å². The molecule has 0 radical (unpaired) electrons. The Morgan fingerprint density at radius 3 is 1.33 bits per heavy atom. The first-order valence-corrected chi connectivity index (χ1v) is 29.6. The number of hydrogen-bond acceptors (Lipinski definition) is 10. The van der Waals surface area contributed by atoms with Crippen molar-refractivity contribution >= 4 is 58.9 Å². The van der Waals surface area contributed by atoms with Crippen molar-refractivity contribution in [1.29, 1.82) is 0 Å². The van der Waals surface area contributed by atoms with Gasteiger partial charge in [0.25, 0.3) is 0 Å². The fraction of sp³-hybridized carbons (Fsp3) is 0.358. The van der Waals surface area contributed by atoms with Gasteiger partial charge in [0.15, 0.2) is 0 Å². The van der Waals surface area contributed by atoms with Gasteiger partial charge in [0.1, 0.15) is 36.3 Å². The summed E-state index contributed by atoms with van der Waals surface area (Å²) < 4.78 is 4.29. The lowest BCUT2D eigenvalue weighted by Crippen LogP contribution is -2.61. The minimum Gasteiger partial charge on any atom is -0.467 e. The molecule has 7 unspecified atom stereocenters. The van der Waals surface area contributed by atoms with Gasteiger partial charge in [0.05, 0.1) is 11.9 Å². The van der Waals surface area contributed by atoms with Crippen LogP contribution in [0.3, 0.4) is 0 Å². The number of anilines is 1. The molecule has 0 aliphatic heterocycles. The third-order valence-electron chi connectivity index (χ3n) is 14.8. The normalized spacial score (nSPS) is 13.8. The minimum atomic E-state index is -1.28. The van der Waals surface area contributed by atoms with Crippen molar-refractivity contribution in [3.63, 3.8) is 0 Å². The number of unbranched alkanes of at least 4 members (excludes halogenated alkanes) is 2. The van der Waals surface area contributed by atoms with Gasteiger partial charge >= 0.3 is 5.97 Å². The van der Waals surface area contributed by atoms with Crippen molar-refractivity contribution in [2.24, 2.45) is 5.92 Å². The number of nitrogens with two attached hydrogens (primary N) is 1. The Balaban J connectivity index is 1.28. The molecule has 83 heavy (non-hydrogen) atoms. The molecular formula is C67H81N7O8S. The molecule has 438 valence electrons. The number of thioether (sulfide) groups is 1. The molecule has 0 aromatic heterocycles. The van der Waals surface area contributed by atoms with Crippen LogP contribution in [0.4, 0.5) is 5.69 Å². The van der Waals surface area contributed by atoms with E-state index >= 15 is 0 Å². The summed E-state index contributed by atoms with van der Waals surface area (Å²) in [6.45, 7) is 10.9. The molecule has 0 bridgehead atoms. The summed E-state index contributed by atoms with van der Waals surface area (Å²) in [4.78, 5) is 100.0. The van der Waals surface area contributed by atoms with Gasteiger partial charge in [-0.1, -0.05) is 209 Å². The van der Waals surface area contributed by atoms with Crippen LogP contribution in [-0.2, 0) is 62.3 Å². The monoisotopic (exact) mass is 1140 g/mol. The zero-order valence-corrected chi connectivity index (χ0v) is 49.6. The number of nitrogen functional groups attached to an aromatic ring is 1. The third-order valence-corrected chi connectivity index (χ3v) is 16.5. The molecule has 0 saturated carbocycles. The first-order chi connectivity index (χ1) is 39.9. The number of hydrogen-bond donors (Lipinski definition) is 7. The van der Waals surface area contributed by atoms with Crippen LogP contribution in [0.5, 0.6) is 0 Å². The van der Waals surface area contributed by atoms with Crippen LogP contribution in [0.1, 0.15) is 104 Å². The molecule has 16 heteroatoms. The van der Waals surface area contributed by atoms with Crippen molar-refractivity contribution < 1.29 is 38.3 Å². The Hall–Kier alpha value is -8.24. The van der Waals surface area contributed by atoms with Crippen LogP contribution < -0.4 is 37.6 Å². The SMILES string of the molecule is CCCCCC(NC(=O)C(Cc1ccc(N)cc1)NC(=O)C(NC(=O)C(CSC(c1ccccc1)(c1ccccc1)c1ccccc1)NC(C)=O)C(C)CC)C(=O)NC(Cc1ccc(C)cc1)C(=O)NC(Cc1ccc(C)cc1)C(=O)OC. The van der Waals surface area contributed by atoms with Crippen LogP contribution in [0.15, 0.2) is 164 Å². The van der Waals surface area contributed by atoms with Gasteiger partial charge < -0.3 is 42.4 Å².